The summed E-state index contributed by atoms with van der Waals surface area (Å²) in [5.74, 6) is 0.326. The number of nitrogens with one attached hydrogen (secondary N) is 1. The van der Waals surface area contributed by atoms with Gasteiger partial charge < -0.3 is 9.52 Å². The zero-order valence-corrected chi connectivity index (χ0v) is 10.9. The molecule has 1 heterocycles. The molecule has 1 atom stereocenters. The van der Waals surface area contributed by atoms with Crippen LogP contribution in [0.1, 0.15) is 29.0 Å². The number of aromatic nitrogens is 1. The minimum Gasteiger partial charge on any atom is -0.480 e. The molecule has 2 aromatic rings. The molecule has 1 aromatic heterocycles. The minimum absolute atomic E-state index is 0.278. The van der Waals surface area contributed by atoms with Crippen molar-refractivity contribution < 1.29 is 14.3 Å². The van der Waals surface area contributed by atoms with Crippen LogP contribution in [0.2, 0.25) is 0 Å². The van der Waals surface area contributed by atoms with E-state index in [0.717, 1.165) is 11.5 Å². The van der Waals surface area contributed by atoms with Gasteiger partial charge in [0.15, 0.2) is 0 Å². The molecule has 0 spiro atoms. The summed E-state index contributed by atoms with van der Waals surface area (Å²) in [5, 5.41) is 12.2. The van der Waals surface area contributed by atoms with Gasteiger partial charge in [-0.25, -0.2) is 4.98 Å². The van der Waals surface area contributed by atoms with E-state index in [2.05, 4.69) is 10.3 Å². The SMILES string of the molecule is Cc1nc(CNC(C(=O)O)c2ccccc2)oc1C. The van der Waals surface area contributed by atoms with Gasteiger partial charge in [0.25, 0.3) is 0 Å². The van der Waals surface area contributed by atoms with Gasteiger partial charge in [0, 0.05) is 0 Å². The van der Waals surface area contributed by atoms with E-state index in [-0.39, 0.29) is 6.54 Å². The maximum absolute atomic E-state index is 11.3. The lowest BCUT2D eigenvalue weighted by Crippen LogP contribution is -2.28. The third-order valence-electron chi connectivity index (χ3n) is 2.91. The summed E-state index contributed by atoms with van der Waals surface area (Å²) in [6.45, 7) is 3.96. The van der Waals surface area contributed by atoms with Crippen molar-refractivity contribution in [3.63, 3.8) is 0 Å². The first-order chi connectivity index (χ1) is 9.08. The van der Waals surface area contributed by atoms with E-state index in [1.165, 1.54) is 0 Å². The Morgan fingerprint density at radius 3 is 2.58 bits per heavy atom. The van der Waals surface area contributed by atoms with Gasteiger partial charge in [-0.1, -0.05) is 30.3 Å². The number of aliphatic carboxylic acids is 1. The topological polar surface area (TPSA) is 75.4 Å². The molecule has 19 heavy (non-hydrogen) atoms. The highest BCUT2D eigenvalue weighted by Crippen LogP contribution is 2.14. The summed E-state index contributed by atoms with van der Waals surface area (Å²) >= 11 is 0. The van der Waals surface area contributed by atoms with E-state index >= 15 is 0 Å². The number of rotatable bonds is 5. The standard InChI is InChI=1S/C14H16N2O3/c1-9-10(2)19-12(16-9)8-15-13(14(17)18)11-6-4-3-5-7-11/h3-7,13,15H,8H2,1-2H3,(H,17,18). The van der Waals surface area contributed by atoms with Crippen LogP contribution >= 0.6 is 0 Å². The summed E-state index contributed by atoms with van der Waals surface area (Å²) in [7, 11) is 0. The molecule has 2 rings (SSSR count). The zero-order valence-electron chi connectivity index (χ0n) is 10.9. The molecule has 0 radical (unpaired) electrons. The van der Waals surface area contributed by atoms with Crippen LogP contribution in [0.25, 0.3) is 0 Å². The van der Waals surface area contributed by atoms with Gasteiger partial charge in [-0.05, 0) is 19.4 Å². The molecule has 0 aliphatic heterocycles. The Labute approximate surface area is 111 Å². The molecule has 0 fully saturated rings. The summed E-state index contributed by atoms with van der Waals surface area (Å²) in [6, 6.07) is 8.26. The molecular formula is C14H16N2O3. The molecule has 1 aromatic carbocycles. The van der Waals surface area contributed by atoms with Gasteiger partial charge in [-0.15, -0.1) is 0 Å². The van der Waals surface area contributed by atoms with Gasteiger partial charge in [0.1, 0.15) is 11.8 Å². The number of carbonyl (C=O) groups is 1. The van der Waals surface area contributed by atoms with Crippen molar-refractivity contribution in [2.75, 3.05) is 0 Å². The first kappa shape index (κ1) is 13.3. The van der Waals surface area contributed by atoms with Crippen LogP contribution in [0.15, 0.2) is 34.7 Å². The van der Waals surface area contributed by atoms with E-state index in [1.807, 2.05) is 32.0 Å². The molecule has 0 aliphatic rings. The summed E-state index contributed by atoms with van der Waals surface area (Å²) in [5.41, 5.74) is 1.53. The van der Waals surface area contributed by atoms with Crippen molar-refractivity contribution in [3.8, 4) is 0 Å². The molecule has 5 nitrogen and oxygen atoms in total. The fraction of sp³-hybridized carbons (Fsp3) is 0.286. The van der Waals surface area contributed by atoms with Crippen molar-refractivity contribution in [1.82, 2.24) is 10.3 Å². The number of hydrogen-bond donors (Lipinski definition) is 2. The van der Waals surface area contributed by atoms with Crippen LogP contribution in [0.4, 0.5) is 0 Å². The molecular weight excluding hydrogens is 244 g/mol. The number of aryl methyl sites for hydroxylation is 2. The van der Waals surface area contributed by atoms with Crippen molar-refractivity contribution in [2.24, 2.45) is 0 Å². The minimum atomic E-state index is -0.925. The average Bonchev–Trinajstić information content (AvgIpc) is 2.70. The Balaban J connectivity index is 2.08. The normalized spacial score (nSPS) is 12.3. The Morgan fingerprint density at radius 1 is 1.37 bits per heavy atom. The van der Waals surface area contributed by atoms with Gasteiger partial charge in [0.2, 0.25) is 5.89 Å². The first-order valence-electron chi connectivity index (χ1n) is 6.02. The predicted molar refractivity (Wildman–Crippen MR) is 69.6 cm³/mol. The molecule has 0 aliphatic carbocycles. The molecule has 0 bridgehead atoms. The van der Waals surface area contributed by atoms with E-state index in [9.17, 15) is 9.90 Å². The van der Waals surface area contributed by atoms with E-state index in [4.69, 9.17) is 4.42 Å². The van der Waals surface area contributed by atoms with E-state index in [0.29, 0.717) is 11.5 Å². The van der Waals surface area contributed by atoms with E-state index < -0.39 is 12.0 Å². The lowest BCUT2D eigenvalue weighted by Gasteiger charge is -2.13. The Kier molecular flexibility index (Phi) is 3.97. The number of carboxylic acids is 1. The van der Waals surface area contributed by atoms with Gasteiger partial charge in [-0.2, -0.15) is 0 Å². The van der Waals surface area contributed by atoms with Crippen LogP contribution in [0.5, 0.6) is 0 Å². The Bertz CT molecular complexity index is 544. The highest BCUT2D eigenvalue weighted by Gasteiger charge is 2.19. The Morgan fingerprint density at radius 2 is 2.05 bits per heavy atom. The van der Waals surface area contributed by atoms with Crippen LogP contribution in [0.3, 0.4) is 0 Å². The molecule has 0 saturated heterocycles. The van der Waals surface area contributed by atoms with Crippen molar-refractivity contribution in [3.05, 3.63) is 53.2 Å². The quantitative estimate of drug-likeness (QED) is 0.862. The molecule has 0 saturated carbocycles. The number of carboxylic acid groups (broad SMARTS) is 1. The van der Waals surface area contributed by atoms with Crippen molar-refractivity contribution >= 4 is 5.97 Å². The first-order valence-corrected chi connectivity index (χ1v) is 6.02. The lowest BCUT2D eigenvalue weighted by atomic mass is 10.1. The number of benzene rings is 1. The summed E-state index contributed by atoms with van der Waals surface area (Å²) in [4.78, 5) is 15.5. The third kappa shape index (κ3) is 3.20. The van der Waals surface area contributed by atoms with Crippen molar-refractivity contribution in [1.29, 1.82) is 0 Å². The molecule has 5 heteroatoms. The second-order valence-corrected chi connectivity index (χ2v) is 4.31. The highest BCUT2D eigenvalue weighted by molar-refractivity contribution is 5.75. The van der Waals surface area contributed by atoms with Gasteiger partial charge >= 0.3 is 5.97 Å². The number of hydrogen-bond acceptors (Lipinski definition) is 4. The van der Waals surface area contributed by atoms with Gasteiger partial charge in [0.05, 0.1) is 12.2 Å². The largest absolute Gasteiger partial charge is 0.480 e. The fourth-order valence-electron chi connectivity index (χ4n) is 1.80. The molecule has 100 valence electrons. The Hall–Kier alpha value is -2.14. The third-order valence-corrected chi connectivity index (χ3v) is 2.91. The van der Waals surface area contributed by atoms with Crippen LogP contribution in [-0.4, -0.2) is 16.1 Å². The lowest BCUT2D eigenvalue weighted by molar-refractivity contribution is -0.139. The maximum atomic E-state index is 11.3. The second-order valence-electron chi connectivity index (χ2n) is 4.31. The molecule has 2 N–H and O–H groups in total. The second kappa shape index (κ2) is 5.67. The highest BCUT2D eigenvalue weighted by atomic mass is 16.4. The maximum Gasteiger partial charge on any atom is 0.325 e. The fourth-order valence-corrected chi connectivity index (χ4v) is 1.80. The van der Waals surface area contributed by atoms with Crippen LogP contribution < -0.4 is 5.32 Å². The monoisotopic (exact) mass is 260 g/mol. The molecule has 0 amide bonds. The van der Waals surface area contributed by atoms with Gasteiger partial charge in [-0.3, -0.25) is 10.1 Å². The average molecular weight is 260 g/mol. The number of nitrogens with zero attached hydrogens (tertiary/aromatic N) is 1. The van der Waals surface area contributed by atoms with Crippen molar-refractivity contribution in [2.45, 2.75) is 26.4 Å². The van der Waals surface area contributed by atoms with E-state index in [1.54, 1.807) is 12.1 Å². The zero-order chi connectivity index (χ0) is 13.8. The summed E-state index contributed by atoms with van der Waals surface area (Å²) in [6.07, 6.45) is 0. The smallest absolute Gasteiger partial charge is 0.325 e. The number of oxazole rings is 1. The summed E-state index contributed by atoms with van der Waals surface area (Å²) < 4.78 is 5.41. The molecule has 1 unspecified atom stereocenters. The van der Waals surface area contributed by atoms with Crippen LogP contribution in [0, 0.1) is 13.8 Å². The predicted octanol–water partition coefficient (Wildman–Crippen LogP) is 2.21. The van der Waals surface area contributed by atoms with Crippen LogP contribution in [-0.2, 0) is 11.3 Å².